The number of aryl methyl sites for hydroxylation is 2. The number of carbonyl (C=O) groups excluding carboxylic acids is 2. The minimum absolute atomic E-state index is 0.117. The molecule has 1 saturated heterocycles. The molecule has 1 aliphatic rings. The van der Waals surface area contributed by atoms with Gasteiger partial charge < -0.3 is 19.1 Å². The Labute approximate surface area is 273 Å². The molecule has 0 saturated carbocycles. The van der Waals surface area contributed by atoms with E-state index in [1.165, 1.54) is 22.5 Å². The van der Waals surface area contributed by atoms with Gasteiger partial charge in [-0.1, -0.05) is 58.0 Å². The summed E-state index contributed by atoms with van der Waals surface area (Å²) >= 11 is 1.53. The van der Waals surface area contributed by atoms with E-state index in [9.17, 15) is 9.59 Å². The largest absolute Gasteiger partial charge is 0.493 e. The maximum absolute atomic E-state index is 13.4. The first-order chi connectivity index (χ1) is 21.5. The second-order valence-electron chi connectivity index (χ2n) is 13.1. The minimum Gasteiger partial charge on any atom is -0.493 e. The lowest BCUT2D eigenvalue weighted by Crippen LogP contribution is -2.49. The van der Waals surface area contributed by atoms with Crippen LogP contribution in [0, 0.1) is 5.41 Å². The first-order valence-corrected chi connectivity index (χ1v) is 16.9. The van der Waals surface area contributed by atoms with Crippen LogP contribution in [0.25, 0.3) is 0 Å². The molecular formula is C37H50N2O5S. The summed E-state index contributed by atoms with van der Waals surface area (Å²) in [5, 5.41) is 2.02. The molecule has 0 bridgehead atoms. The van der Waals surface area contributed by atoms with Gasteiger partial charge >= 0.3 is 0 Å². The van der Waals surface area contributed by atoms with Crippen molar-refractivity contribution in [3.8, 4) is 17.2 Å². The fourth-order valence-corrected chi connectivity index (χ4v) is 7.01. The first-order valence-electron chi connectivity index (χ1n) is 16.0. The lowest BCUT2D eigenvalue weighted by Gasteiger charge is -2.36. The average Bonchev–Trinajstić information content (AvgIpc) is 3.49. The fourth-order valence-electron chi connectivity index (χ4n) is 6.11. The van der Waals surface area contributed by atoms with Gasteiger partial charge in [0.1, 0.15) is 0 Å². The number of hydrogen-bond acceptors (Lipinski definition) is 7. The van der Waals surface area contributed by atoms with Crippen molar-refractivity contribution >= 4 is 23.0 Å². The number of carbonyl (C=O) groups is 2. The second kappa shape index (κ2) is 15.8. The molecule has 0 aliphatic carbocycles. The van der Waals surface area contributed by atoms with E-state index in [4.69, 9.17) is 14.2 Å². The Balaban J connectivity index is 1.25. The Morgan fingerprint density at radius 1 is 0.822 bits per heavy atom. The van der Waals surface area contributed by atoms with E-state index in [2.05, 4.69) is 49.1 Å². The number of rotatable bonds is 15. The monoisotopic (exact) mass is 634 g/mol. The molecule has 0 spiro atoms. The van der Waals surface area contributed by atoms with Crippen LogP contribution in [0.5, 0.6) is 17.2 Å². The van der Waals surface area contributed by atoms with E-state index in [0.29, 0.717) is 55.6 Å². The van der Waals surface area contributed by atoms with E-state index < -0.39 is 5.41 Å². The number of amides is 1. The van der Waals surface area contributed by atoms with Gasteiger partial charge in [-0.2, -0.15) is 0 Å². The zero-order valence-electron chi connectivity index (χ0n) is 28.1. The number of nitrogens with zero attached hydrogens (tertiary/aromatic N) is 2. The van der Waals surface area contributed by atoms with Crippen molar-refractivity contribution in [3.63, 3.8) is 0 Å². The predicted molar refractivity (Wildman–Crippen MR) is 182 cm³/mol. The lowest BCUT2D eigenvalue weighted by atomic mass is 9.82. The molecule has 1 fully saturated rings. The Kier molecular flexibility index (Phi) is 12.1. The highest BCUT2D eigenvalue weighted by Gasteiger charge is 2.31. The van der Waals surface area contributed by atoms with E-state index in [-0.39, 0.29) is 11.7 Å². The Bertz CT molecular complexity index is 1420. The van der Waals surface area contributed by atoms with E-state index in [0.717, 1.165) is 48.4 Å². The van der Waals surface area contributed by atoms with E-state index >= 15 is 0 Å². The summed E-state index contributed by atoms with van der Waals surface area (Å²) in [6.45, 7) is 12.0. The van der Waals surface area contributed by atoms with Crippen LogP contribution in [0.2, 0.25) is 0 Å². The molecule has 2 heterocycles. The normalized spacial score (nSPS) is 14.1. The summed E-state index contributed by atoms with van der Waals surface area (Å²) in [7, 11) is 4.86. The van der Waals surface area contributed by atoms with Crippen LogP contribution in [0.15, 0.2) is 47.8 Å². The SMILES string of the molecule is COc1ccc(CN2CCN(C(=O)CC(C)(C)CC(=O)c3sccc3CCCc3ccc(C(C)C)cc3)CC2)c(OC)c1OC. The van der Waals surface area contributed by atoms with Crippen LogP contribution < -0.4 is 14.2 Å². The molecule has 0 radical (unpaired) electrons. The maximum atomic E-state index is 13.4. The summed E-state index contributed by atoms with van der Waals surface area (Å²) in [5.74, 6) is 2.69. The van der Waals surface area contributed by atoms with Gasteiger partial charge in [0.25, 0.3) is 0 Å². The van der Waals surface area contributed by atoms with Crippen molar-refractivity contribution in [2.24, 2.45) is 5.41 Å². The third-order valence-corrected chi connectivity index (χ3v) is 9.73. The van der Waals surface area contributed by atoms with Crippen LogP contribution >= 0.6 is 11.3 Å². The zero-order valence-corrected chi connectivity index (χ0v) is 28.9. The highest BCUT2D eigenvalue weighted by molar-refractivity contribution is 7.12. The number of benzene rings is 2. The number of ether oxygens (including phenoxy) is 3. The van der Waals surface area contributed by atoms with Gasteiger partial charge in [-0.05, 0) is 64.8 Å². The van der Waals surface area contributed by atoms with Gasteiger partial charge in [-0.15, -0.1) is 11.3 Å². The average molecular weight is 635 g/mol. The lowest BCUT2D eigenvalue weighted by molar-refractivity contribution is -0.135. The summed E-state index contributed by atoms with van der Waals surface area (Å²) in [6, 6.07) is 14.9. The molecule has 2 aromatic carbocycles. The highest BCUT2D eigenvalue weighted by Crippen LogP contribution is 2.40. The van der Waals surface area contributed by atoms with Gasteiger partial charge in [-0.25, -0.2) is 0 Å². The molecule has 1 aromatic heterocycles. The van der Waals surface area contributed by atoms with Gasteiger partial charge in [-0.3, -0.25) is 14.5 Å². The summed E-state index contributed by atoms with van der Waals surface area (Å²) in [4.78, 5) is 31.9. The summed E-state index contributed by atoms with van der Waals surface area (Å²) in [6.07, 6.45) is 3.61. The van der Waals surface area contributed by atoms with Gasteiger partial charge in [0.2, 0.25) is 11.7 Å². The Morgan fingerprint density at radius 2 is 1.51 bits per heavy atom. The quantitative estimate of drug-likeness (QED) is 0.162. The molecule has 244 valence electrons. The molecule has 1 amide bonds. The molecule has 0 atom stereocenters. The first kappa shape index (κ1) is 34.5. The summed E-state index contributed by atoms with van der Waals surface area (Å²) < 4.78 is 16.6. The molecule has 45 heavy (non-hydrogen) atoms. The molecule has 8 heteroatoms. The van der Waals surface area contributed by atoms with Crippen molar-refractivity contribution in [3.05, 3.63) is 75.0 Å². The molecule has 3 aromatic rings. The van der Waals surface area contributed by atoms with Crippen LogP contribution in [0.3, 0.4) is 0 Å². The van der Waals surface area contributed by atoms with Crippen LogP contribution in [0.4, 0.5) is 0 Å². The summed E-state index contributed by atoms with van der Waals surface area (Å²) in [5.41, 5.74) is 4.43. The fraction of sp³-hybridized carbons (Fsp3) is 0.514. The number of Topliss-reactive ketones (excluding diaryl/α,β-unsaturated/α-hetero) is 1. The van der Waals surface area contributed by atoms with Gasteiger partial charge in [0.15, 0.2) is 17.3 Å². The number of hydrogen-bond donors (Lipinski definition) is 0. The topological polar surface area (TPSA) is 68.3 Å². The molecule has 0 unspecified atom stereocenters. The Morgan fingerprint density at radius 3 is 2.13 bits per heavy atom. The number of thiophene rings is 1. The van der Waals surface area contributed by atoms with Crippen molar-refractivity contribution in [1.29, 1.82) is 0 Å². The zero-order chi connectivity index (χ0) is 32.6. The van der Waals surface area contributed by atoms with Crippen molar-refractivity contribution in [1.82, 2.24) is 9.80 Å². The standard InChI is InChI=1S/C37H50N2O5S/c1-26(2)28-13-11-27(12-14-28)9-8-10-29-17-22-45-36(29)31(40)23-37(3,4)24-33(41)39-20-18-38(19-21-39)25-30-15-16-32(42-5)35(44-7)34(30)43-6/h11-17,22,26H,8-10,18-21,23-25H2,1-7H3. The molecule has 7 nitrogen and oxygen atoms in total. The van der Waals surface area contributed by atoms with Crippen molar-refractivity contribution in [2.45, 2.75) is 72.3 Å². The smallest absolute Gasteiger partial charge is 0.223 e. The molecule has 4 rings (SSSR count). The van der Waals surface area contributed by atoms with E-state index in [1.54, 1.807) is 21.3 Å². The van der Waals surface area contributed by atoms with Crippen molar-refractivity contribution in [2.75, 3.05) is 47.5 Å². The van der Waals surface area contributed by atoms with E-state index in [1.807, 2.05) is 36.3 Å². The van der Waals surface area contributed by atoms with Gasteiger partial charge in [0, 0.05) is 51.1 Å². The molecule has 1 aliphatic heterocycles. The molecule has 0 N–H and O–H groups in total. The van der Waals surface area contributed by atoms with Crippen LogP contribution in [0.1, 0.15) is 84.8 Å². The third-order valence-electron chi connectivity index (χ3n) is 8.73. The second-order valence-corrected chi connectivity index (χ2v) is 14.0. The van der Waals surface area contributed by atoms with Gasteiger partial charge in [0.05, 0.1) is 26.2 Å². The van der Waals surface area contributed by atoms with Crippen LogP contribution in [-0.2, 0) is 24.2 Å². The van der Waals surface area contributed by atoms with Crippen molar-refractivity contribution < 1.29 is 23.8 Å². The predicted octanol–water partition coefficient (Wildman–Crippen LogP) is 7.41. The highest BCUT2D eigenvalue weighted by atomic mass is 32.1. The van der Waals surface area contributed by atoms with Crippen LogP contribution in [-0.4, -0.2) is 69.0 Å². The Hall–Kier alpha value is -3.36. The maximum Gasteiger partial charge on any atom is 0.223 e. The number of methoxy groups -OCH3 is 3. The number of piperazine rings is 1. The number of ketones is 1. The third kappa shape index (κ3) is 9.10. The minimum atomic E-state index is -0.419. The molecular weight excluding hydrogens is 584 g/mol.